The smallest absolute Gasteiger partial charge is 0.248 e. The van der Waals surface area contributed by atoms with E-state index in [-0.39, 0.29) is 35.9 Å². The Morgan fingerprint density at radius 1 is 0.852 bits per heavy atom. The molecule has 160 valence electrons. The first-order chi connectivity index (χ1) is 12.5. The van der Waals surface area contributed by atoms with E-state index in [1.807, 2.05) is 34.7 Å². The number of likely N-dealkylation sites (N-methyl/N-ethyl adjacent to an activating group) is 2. The van der Waals surface area contributed by atoms with Crippen molar-refractivity contribution in [3.05, 3.63) is 0 Å². The number of ether oxygens (including phenoxy) is 3. The van der Waals surface area contributed by atoms with E-state index in [0.29, 0.717) is 39.5 Å². The van der Waals surface area contributed by atoms with Gasteiger partial charge in [-0.3, -0.25) is 9.59 Å². The van der Waals surface area contributed by atoms with Crippen molar-refractivity contribution in [1.29, 1.82) is 0 Å². The third-order valence-electron chi connectivity index (χ3n) is 4.82. The van der Waals surface area contributed by atoms with Crippen molar-refractivity contribution in [2.75, 3.05) is 60.2 Å². The summed E-state index contributed by atoms with van der Waals surface area (Å²) in [5.41, 5.74) is -0.373. The summed E-state index contributed by atoms with van der Waals surface area (Å²) >= 11 is 0. The lowest BCUT2D eigenvalue weighted by molar-refractivity contribution is -0.142. The lowest BCUT2D eigenvalue weighted by Gasteiger charge is -2.32. The van der Waals surface area contributed by atoms with Gasteiger partial charge in [-0.15, -0.1) is 0 Å². The minimum atomic E-state index is -0.373. The van der Waals surface area contributed by atoms with Crippen LogP contribution in [0.25, 0.3) is 0 Å². The molecule has 0 rings (SSSR count). The van der Waals surface area contributed by atoms with Crippen molar-refractivity contribution in [2.45, 2.75) is 47.6 Å². The van der Waals surface area contributed by atoms with Crippen molar-refractivity contribution in [3.8, 4) is 0 Å². The lowest BCUT2D eigenvalue weighted by atomic mass is 9.80. The molecule has 0 radical (unpaired) electrons. The number of hydrogen-bond donors (Lipinski definition) is 0. The molecule has 27 heavy (non-hydrogen) atoms. The fourth-order valence-electron chi connectivity index (χ4n) is 2.04. The van der Waals surface area contributed by atoms with Crippen molar-refractivity contribution in [1.82, 2.24) is 9.80 Å². The first-order valence-electron chi connectivity index (χ1n) is 9.76. The lowest BCUT2D eigenvalue weighted by Crippen LogP contribution is -2.42. The summed E-state index contributed by atoms with van der Waals surface area (Å²) in [6.07, 6.45) is 0.0431. The molecule has 0 aliphatic heterocycles. The molecule has 0 saturated carbocycles. The van der Waals surface area contributed by atoms with Crippen LogP contribution >= 0.6 is 0 Å². The molecule has 0 spiro atoms. The Morgan fingerprint density at radius 3 is 1.78 bits per heavy atom. The van der Waals surface area contributed by atoms with Gasteiger partial charge in [0.15, 0.2) is 0 Å². The van der Waals surface area contributed by atoms with Crippen molar-refractivity contribution < 1.29 is 23.8 Å². The molecule has 7 nitrogen and oxygen atoms in total. The zero-order valence-corrected chi connectivity index (χ0v) is 18.5. The van der Waals surface area contributed by atoms with Gasteiger partial charge in [0.05, 0.1) is 32.5 Å². The average Bonchev–Trinajstić information content (AvgIpc) is 2.60. The van der Waals surface area contributed by atoms with E-state index >= 15 is 0 Å². The van der Waals surface area contributed by atoms with E-state index in [9.17, 15) is 9.59 Å². The minimum absolute atomic E-state index is 0.0431. The van der Waals surface area contributed by atoms with Gasteiger partial charge in [0, 0.05) is 32.6 Å². The predicted octanol–water partition coefficient (Wildman–Crippen LogP) is 2.04. The molecule has 0 bridgehead atoms. The van der Waals surface area contributed by atoms with E-state index in [1.54, 1.807) is 16.8 Å². The van der Waals surface area contributed by atoms with Crippen LogP contribution in [0.15, 0.2) is 0 Å². The highest BCUT2D eigenvalue weighted by Crippen LogP contribution is 2.27. The fourth-order valence-corrected chi connectivity index (χ4v) is 2.04. The Balaban J connectivity index is 3.75. The number of carbonyl (C=O) groups excluding carboxylic acids is 2. The third kappa shape index (κ3) is 10.7. The van der Waals surface area contributed by atoms with Gasteiger partial charge < -0.3 is 24.0 Å². The van der Waals surface area contributed by atoms with E-state index in [1.165, 1.54) is 0 Å². The summed E-state index contributed by atoms with van der Waals surface area (Å²) in [5, 5.41) is 0. The van der Waals surface area contributed by atoms with Crippen LogP contribution in [0.5, 0.6) is 0 Å². The Labute approximate surface area is 165 Å². The van der Waals surface area contributed by atoms with E-state index in [4.69, 9.17) is 14.2 Å². The van der Waals surface area contributed by atoms with Gasteiger partial charge in [0.25, 0.3) is 0 Å². The molecular formula is C20H40N2O5. The quantitative estimate of drug-likeness (QED) is 0.426. The number of amides is 2. The summed E-state index contributed by atoms with van der Waals surface area (Å²) in [6, 6.07) is 0. The highest BCUT2D eigenvalue weighted by molar-refractivity contribution is 5.82. The maximum atomic E-state index is 12.4. The molecule has 0 aromatic carbocycles. The monoisotopic (exact) mass is 388 g/mol. The normalized spacial score (nSPS) is 11.9. The van der Waals surface area contributed by atoms with E-state index in [0.717, 1.165) is 0 Å². The molecule has 0 fully saturated rings. The second-order valence-corrected chi connectivity index (χ2v) is 8.00. The SMILES string of the molecule is CC(C)OCC(=O)N(C)CCOCCOCCN(C)C(=O)C(C)(C)C(C)C. The molecule has 0 N–H and O–H groups in total. The van der Waals surface area contributed by atoms with Crippen molar-refractivity contribution >= 4 is 11.8 Å². The second kappa shape index (κ2) is 13.1. The highest BCUT2D eigenvalue weighted by atomic mass is 16.5. The largest absolute Gasteiger partial charge is 0.377 e. The Hall–Kier alpha value is -1.18. The predicted molar refractivity (Wildman–Crippen MR) is 107 cm³/mol. The maximum absolute atomic E-state index is 12.4. The summed E-state index contributed by atoms with van der Waals surface area (Å²) in [4.78, 5) is 27.5. The molecule has 7 heteroatoms. The van der Waals surface area contributed by atoms with Crippen LogP contribution in [0, 0.1) is 11.3 Å². The molecule has 0 aliphatic rings. The van der Waals surface area contributed by atoms with Gasteiger partial charge >= 0.3 is 0 Å². The minimum Gasteiger partial charge on any atom is -0.377 e. The second-order valence-electron chi connectivity index (χ2n) is 8.00. The van der Waals surface area contributed by atoms with Crippen LogP contribution in [0.1, 0.15) is 41.5 Å². The molecule has 2 amide bonds. The van der Waals surface area contributed by atoms with E-state index < -0.39 is 0 Å². The molecule has 0 aromatic heterocycles. The van der Waals surface area contributed by atoms with Crippen LogP contribution in [0.2, 0.25) is 0 Å². The number of carbonyl (C=O) groups is 2. The standard InChI is InChI=1S/C20H40N2O5/c1-16(2)20(5,6)19(24)22(8)10-12-26-14-13-25-11-9-21(7)18(23)15-27-17(3)4/h16-17H,9-15H2,1-8H3. The van der Waals surface area contributed by atoms with Crippen LogP contribution in [-0.2, 0) is 23.8 Å². The molecule has 0 unspecified atom stereocenters. The first kappa shape index (κ1) is 25.8. The molecular weight excluding hydrogens is 348 g/mol. The van der Waals surface area contributed by atoms with E-state index in [2.05, 4.69) is 13.8 Å². The van der Waals surface area contributed by atoms with Gasteiger partial charge in [-0.1, -0.05) is 27.7 Å². The van der Waals surface area contributed by atoms with Crippen LogP contribution in [0.4, 0.5) is 0 Å². The zero-order valence-electron chi connectivity index (χ0n) is 18.5. The summed E-state index contributed by atoms with van der Waals surface area (Å²) in [6.45, 7) is 14.9. The number of rotatable bonds is 14. The molecule has 0 atom stereocenters. The summed E-state index contributed by atoms with van der Waals surface area (Å²) in [5.74, 6) is 0.357. The summed E-state index contributed by atoms with van der Waals surface area (Å²) in [7, 11) is 3.54. The number of hydrogen-bond acceptors (Lipinski definition) is 5. The Bertz CT molecular complexity index is 438. The van der Waals surface area contributed by atoms with Crippen LogP contribution in [0.3, 0.4) is 0 Å². The van der Waals surface area contributed by atoms with Crippen molar-refractivity contribution in [3.63, 3.8) is 0 Å². The Kier molecular flexibility index (Phi) is 12.5. The molecule has 0 saturated heterocycles. The topological polar surface area (TPSA) is 68.3 Å². The van der Waals surface area contributed by atoms with Gasteiger partial charge in [0.2, 0.25) is 11.8 Å². The maximum Gasteiger partial charge on any atom is 0.248 e. The Morgan fingerprint density at radius 2 is 1.33 bits per heavy atom. The average molecular weight is 389 g/mol. The van der Waals surface area contributed by atoms with Gasteiger partial charge in [-0.05, 0) is 19.8 Å². The zero-order chi connectivity index (χ0) is 21.0. The number of nitrogens with zero attached hydrogens (tertiary/aromatic N) is 2. The van der Waals surface area contributed by atoms with Gasteiger partial charge in [-0.25, -0.2) is 0 Å². The molecule has 0 aromatic rings. The van der Waals surface area contributed by atoms with Crippen LogP contribution in [-0.4, -0.2) is 87.9 Å². The summed E-state index contributed by atoms with van der Waals surface area (Å²) < 4.78 is 16.3. The molecule has 0 aliphatic carbocycles. The fraction of sp³-hybridized carbons (Fsp3) is 0.900. The van der Waals surface area contributed by atoms with Gasteiger partial charge in [-0.2, -0.15) is 0 Å². The highest BCUT2D eigenvalue weighted by Gasteiger charge is 2.33. The third-order valence-corrected chi connectivity index (χ3v) is 4.82. The first-order valence-corrected chi connectivity index (χ1v) is 9.76. The molecule has 0 heterocycles. The van der Waals surface area contributed by atoms with Gasteiger partial charge in [0.1, 0.15) is 6.61 Å². The van der Waals surface area contributed by atoms with Crippen molar-refractivity contribution in [2.24, 2.45) is 11.3 Å². The van der Waals surface area contributed by atoms with Crippen LogP contribution < -0.4 is 0 Å².